The molecule has 1 aromatic heterocycles. The van der Waals surface area contributed by atoms with Gasteiger partial charge < -0.3 is 5.73 Å². The first-order valence-electron chi connectivity index (χ1n) is 5.70. The van der Waals surface area contributed by atoms with Crippen molar-refractivity contribution in [3.63, 3.8) is 0 Å². The van der Waals surface area contributed by atoms with Crippen molar-refractivity contribution in [1.29, 1.82) is 0 Å². The van der Waals surface area contributed by atoms with Gasteiger partial charge in [-0.2, -0.15) is 0 Å². The molecule has 0 aromatic carbocycles. The minimum atomic E-state index is 0.454. The lowest BCUT2D eigenvalue weighted by Crippen LogP contribution is -2.31. The molecule has 0 spiro atoms. The van der Waals surface area contributed by atoms with Gasteiger partial charge in [0, 0.05) is 18.0 Å². The van der Waals surface area contributed by atoms with E-state index in [4.69, 9.17) is 5.73 Å². The SMILES string of the molecule is Cc1ccsc1C(CN)N1CCC(C)C1. The average Bonchev–Trinajstić information content (AvgIpc) is 2.79. The summed E-state index contributed by atoms with van der Waals surface area (Å²) in [5.41, 5.74) is 7.32. The van der Waals surface area contributed by atoms with Gasteiger partial charge in [0.2, 0.25) is 0 Å². The van der Waals surface area contributed by atoms with Crippen molar-refractivity contribution < 1.29 is 0 Å². The van der Waals surface area contributed by atoms with E-state index in [2.05, 4.69) is 30.2 Å². The van der Waals surface area contributed by atoms with E-state index >= 15 is 0 Å². The highest BCUT2D eigenvalue weighted by Gasteiger charge is 2.27. The van der Waals surface area contributed by atoms with E-state index in [-0.39, 0.29) is 0 Å². The Kier molecular flexibility index (Phi) is 3.44. The lowest BCUT2D eigenvalue weighted by atomic mass is 10.1. The fourth-order valence-electron chi connectivity index (χ4n) is 2.40. The zero-order chi connectivity index (χ0) is 10.8. The maximum atomic E-state index is 5.92. The van der Waals surface area contributed by atoms with E-state index in [1.807, 2.05) is 11.3 Å². The normalized spacial score (nSPS) is 24.6. The summed E-state index contributed by atoms with van der Waals surface area (Å²) in [7, 11) is 0. The van der Waals surface area contributed by atoms with Gasteiger partial charge in [0.1, 0.15) is 0 Å². The van der Waals surface area contributed by atoms with Gasteiger partial charge >= 0.3 is 0 Å². The van der Waals surface area contributed by atoms with Crippen LogP contribution >= 0.6 is 11.3 Å². The molecule has 84 valence electrons. The van der Waals surface area contributed by atoms with Crippen molar-refractivity contribution >= 4 is 11.3 Å². The summed E-state index contributed by atoms with van der Waals surface area (Å²) >= 11 is 1.85. The van der Waals surface area contributed by atoms with Gasteiger partial charge in [-0.25, -0.2) is 0 Å². The van der Waals surface area contributed by atoms with Crippen LogP contribution in [0.15, 0.2) is 11.4 Å². The molecule has 1 aliphatic heterocycles. The molecular weight excluding hydrogens is 204 g/mol. The van der Waals surface area contributed by atoms with Gasteiger partial charge in [0.05, 0.1) is 6.04 Å². The second kappa shape index (κ2) is 4.64. The van der Waals surface area contributed by atoms with Crippen LogP contribution in [-0.2, 0) is 0 Å². The van der Waals surface area contributed by atoms with E-state index in [1.54, 1.807) is 0 Å². The third kappa shape index (κ3) is 2.25. The first kappa shape index (κ1) is 11.1. The fraction of sp³-hybridized carbons (Fsp3) is 0.667. The Labute approximate surface area is 96.1 Å². The maximum Gasteiger partial charge on any atom is 0.0567 e. The van der Waals surface area contributed by atoms with Gasteiger partial charge in [-0.05, 0) is 42.8 Å². The summed E-state index contributed by atoms with van der Waals surface area (Å²) < 4.78 is 0. The molecule has 1 fully saturated rings. The molecule has 2 unspecified atom stereocenters. The molecule has 2 rings (SSSR count). The molecule has 0 amide bonds. The number of thiophene rings is 1. The average molecular weight is 224 g/mol. The first-order valence-corrected chi connectivity index (χ1v) is 6.58. The summed E-state index contributed by atoms with van der Waals surface area (Å²) in [6.07, 6.45) is 1.32. The quantitative estimate of drug-likeness (QED) is 0.854. The van der Waals surface area contributed by atoms with Crippen molar-refractivity contribution in [3.8, 4) is 0 Å². The first-order chi connectivity index (χ1) is 7.22. The smallest absolute Gasteiger partial charge is 0.0567 e. The molecule has 1 aliphatic rings. The number of rotatable bonds is 3. The largest absolute Gasteiger partial charge is 0.329 e. The topological polar surface area (TPSA) is 29.3 Å². The number of likely N-dealkylation sites (tertiary alicyclic amines) is 1. The number of nitrogens with two attached hydrogens (primary N) is 1. The molecule has 2 atom stereocenters. The molecule has 2 heterocycles. The highest BCUT2D eigenvalue weighted by Crippen LogP contribution is 2.31. The molecule has 3 heteroatoms. The summed E-state index contributed by atoms with van der Waals surface area (Å²) in [5.74, 6) is 0.833. The standard InChI is InChI=1S/C12H20N2S/c1-9-3-5-14(8-9)11(7-13)12-10(2)4-6-15-12/h4,6,9,11H,3,5,7-8,13H2,1-2H3. The summed E-state index contributed by atoms with van der Waals surface area (Å²) in [6, 6.07) is 2.65. The zero-order valence-electron chi connectivity index (χ0n) is 9.57. The van der Waals surface area contributed by atoms with Crippen molar-refractivity contribution in [2.24, 2.45) is 11.7 Å². The van der Waals surface area contributed by atoms with Crippen LogP contribution in [0.2, 0.25) is 0 Å². The third-order valence-corrected chi connectivity index (χ3v) is 4.44. The zero-order valence-corrected chi connectivity index (χ0v) is 10.4. The summed E-state index contributed by atoms with van der Waals surface area (Å²) in [4.78, 5) is 4.01. The molecule has 1 aromatic rings. The van der Waals surface area contributed by atoms with Crippen LogP contribution in [0.3, 0.4) is 0 Å². The third-order valence-electron chi connectivity index (χ3n) is 3.32. The maximum absolute atomic E-state index is 5.92. The van der Waals surface area contributed by atoms with E-state index in [0.717, 1.165) is 12.5 Å². The van der Waals surface area contributed by atoms with Crippen LogP contribution in [0.1, 0.15) is 29.8 Å². The van der Waals surface area contributed by atoms with Crippen LogP contribution in [0, 0.1) is 12.8 Å². The van der Waals surface area contributed by atoms with Gasteiger partial charge in [-0.1, -0.05) is 6.92 Å². The second-order valence-corrected chi connectivity index (χ2v) is 5.56. The van der Waals surface area contributed by atoms with Gasteiger partial charge in [-0.15, -0.1) is 11.3 Å². The van der Waals surface area contributed by atoms with Gasteiger partial charge in [0.25, 0.3) is 0 Å². The molecule has 2 N–H and O–H groups in total. The lowest BCUT2D eigenvalue weighted by molar-refractivity contribution is 0.246. The molecule has 2 nitrogen and oxygen atoms in total. The Morgan fingerprint density at radius 2 is 2.47 bits per heavy atom. The van der Waals surface area contributed by atoms with E-state index in [9.17, 15) is 0 Å². The number of hydrogen-bond donors (Lipinski definition) is 1. The summed E-state index contributed by atoms with van der Waals surface area (Å²) in [5, 5.41) is 2.17. The van der Waals surface area contributed by atoms with Crippen LogP contribution in [0.25, 0.3) is 0 Å². The van der Waals surface area contributed by atoms with Crippen molar-refractivity contribution in [1.82, 2.24) is 4.90 Å². The minimum absolute atomic E-state index is 0.454. The predicted octanol–water partition coefficient (Wildman–Crippen LogP) is 2.40. The Balaban J connectivity index is 2.14. The molecule has 0 radical (unpaired) electrons. The van der Waals surface area contributed by atoms with Crippen LogP contribution in [0.4, 0.5) is 0 Å². The van der Waals surface area contributed by atoms with Crippen molar-refractivity contribution in [2.45, 2.75) is 26.3 Å². The lowest BCUT2D eigenvalue weighted by Gasteiger charge is -2.26. The molecule has 1 saturated heterocycles. The van der Waals surface area contributed by atoms with Gasteiger partial charge in [0.15, 0.2) is 0 Å². The van der Waals surface area contributed by atoms with Gasteiger partial charge in [-0.3, -0.25) is 4.90 Å². The Morgan fingerprint density at radius 3 is 2.93 bits per heavy atom. The van der Waals surface area contributed by atoms with E-state index < -0.39 is 0 Å². The highest BCUT2D eigenvalue weighted by molar-refractivity contribution is 7.10. The Morgan fingerprint density at radius 1 is 1.67 bits per heavy atom. The van der Waals surface area contributed by atoms with E-state index in [1.165, 1.54) is 30.0 Å². The Hall–Kier alpha value is -0.380. The van der Waals surface area contributed by atoms with Crippen LogP contribution < -0.4 is 5.73 Å². The molecule has 0 saturated carbocycles. The second-order valence-electron chi connectivity index (χ2n) is 4.61. The van der Waals surface area contributed by atoms with Crippen LogP contribution in [0.5, 0.6) is 0 Å². The molecule has 0 bridgehead atoms. The molecule has 15 heavy (non-hydrogen) atoms. The van der Waals surface area contributed by atoms with Crippen LogP contribution in [-0.4, -0.2) is 24.5 Å². The highest BCUT2D eigenvalue weighted by atomic mass is 32.1. The fourth-order valence-corrected chi connectivity index (χ4v) is 3.48. The van der Waals surface area contributed by atoms with E-state index in [0.29, 0.717) is 6.04 Å². The number of aryl methyl sites for hydroxylation is 1. The number of nitrogens with zero attached hydrogens (tertiary/aromatic N) is 1. The van der Waals surface area contributed by atoms with Crippen molar-refractivity contribution in [2.75, 3.05) is 19.6 Å². The monoisotopic (exact) mass is 224 g/mol. The number of hydrogen-bond acceptors (Lipinski definition) is 3. The molecule has 0 aliphatic carbocycles. The van der Waals surface area contributed by atoms with Crippen molar-refractivity contribution in [3.05, 3.63) is 21.9 Å². The minimum Gasteiger partial charge on any atom is -0.329 e. The Bertz CT molecular complexity index is 321. The summed E-state index contributed by atoms with van der Waals surface area (Å²) in [6.45, 7) is 7.68. The molecular formula is C12H20N2S. The predicted molar refractivity (Wildman–Crippen MR) is 66.2 cm³/mol.